The van der Waals surface area contributed by atoms with Crippen molar-refractivity contribution in [1.29, 1.82) is 0 Å². The molecule has 1 aliphatic heterocycles. The fraction of sp³-hybridized carbons (Fsp3) is 0.857. The molecule has 2 heteroatoms. The van der Waals surface area contributed by atoms with Crippen LogP contribution in [0.2, 0.25) is 0 Å². The van der Waals surface area contributed by atoms with Gasteiger partial charge >= 0.3 is 0 Å². The molecule has 1 aliphatic rings. The Bertz CT molecular complexity index is 211. The van der Waals surface area contributed by atoms with Gasteiger partial charge in [-0.05, 0) is 32.2 Å². The Morgan fingerprint density at radius 1 is 1.31 bits per heavy atom. The fourth-order valence-electron chi connectivity index (χ4n) is 2.41. The SMILES string of the molecule is C#CC(CCC)N1CCC(NCCC)CC1. The molecule has 1 N–H and O–H groups in total. The lowest BCUT2D eigenvalue weighted by Crippen LogP contribution is -2.46. The molecule has 0 spiro atoms. The van der Waals surface area contributed by atoms with Crippen LogP contribution in [0.3, 0.4) is 0 Å². The number of likely N-dealkylation sites (tertiary alicyclic amines) is 1. The molecule has 1 heterocycles. The van der Waals surface area contributed by atoms with E-state index in [0.29, 0.717) is 6.04 Å². The molecule has 0 amide bonds. The van der Waals surface area contributed by atoms with E-state index in [1.807, 2.05) is 0 Å². The van der Waals surface area contributed by atoms with Crippen LogP contribution in [0.1, 0.15) is 46.0 Å². The maximum Gasteiger partial charge on any atom is 0.0711 e. The number of hydrogen-bond donors (Lipinski definition) is 1. The van der Waals surface area contributed by atoms with Crippen molar-refractivity contribution >= 4 is 0 Å². The molecule has 1 saturated heterocycles. The smallest absolute Gasteiger partial charge is 0.0711 e. The minimum absolute atomic E-state index is 0.372. The molecule has 1 fully saturated rings. The standard InChI is InChI=1S/C14H26N2/c1-4-7-14(6-3)16-11-8-13(9-12-16)15-10-5-2/h3,13-15H,4-5,7-12H2,1-2H3. The summed E-state index contributed by atoms with van der Waals surface area (Å²) in [5.41, 5.74) is 0. The Labute approximate surface area is 101 Å². The zero-order valence-corrected chi connectivity index (χ0v) is 10.8. The van der Waals surface area contributed by atoms with E-state index in [9.17, 15) is 0 Å². The molecular weight excluding hydrogens is 196 g/mol. The summed E-state index contributed by atoms with van der Waals surface area (Å²) in [6.07, 6.45) is 11.7. The second-order valence-corrected chi connectivity index (χ2v) is 4.74. The summed E-state index contributed by atoms with van der Waals surface area (Å²) in [6.45, 7) is 7.91. The van der Waals surface area contributed by atoms with E-state index in [4.69, 9.17) is 6.42 Å². The molecule has 92 valence electrons. The van der Waals surface area contributed by atoms with Gasteiger partial charge in [0.15, 0.2) is 0 Å². The highest BCUT2D eigenvalue weighted by atomic mass is 15.2. The van der Waals surface area contributed by atoms with Crippen molar-refractivity contribution in [3.8, 4) is 12.3 Å². The first-order valence-corrected chi connectivity index (χ1v) is 6.75. The van der Waals surface area contributed by atoms with Crippen molar-refractivity contribution in [3.05, 3.63) is 0 Å². The highest BCUT2D eigenvalue weighted by Gasteiger charge is 2.22. The Morgan fingerprint density at radius 3 is 2.50 bits per heavy atom. The fourth-order valence-corrected chi connectivity index (χ4v) is 2.41. The van der Waals surface area contributed by atoms with Crippen molar-refractivity contribution in [1.82, 2.24) is 10.2 Å². The zero-order chi connectivity index (χ0) is 11.8. The summed E-state index contributed by atoms with van der Waals surface area (Å²) in [5.74, 6) is 2.94. The van der Waals surface area contributed by atoms with Crippen LogP contribution in [0.4, 0.5) is 0 Å². The minimum atomic E-state index is 0.372. The monoisotopic (exact) mass is 222 g/mol. The maximum absolute atomic E-state index is 5.60. The third-order valence-electron chi connectivity index (χ3n) is 3.41. The molecule has 2 nitrogen and oxygen atoms in total. The van der Waals surface area contributed by atoms with Crippen molar-refractivity contribution in [2.24, 2.45) is 0 Å². The van der Waals surface area contributed by atoms with Crippen LogP contribution in [0.5, 0.6) is 0 Å². The summed E-state index contributed by atoms with van der Waals surface area (Å²) < 4.78 is 0. The number of rotatable bonds is 6. The van der Waals surface area contributed by atoms with E-state index in [2.05, 4.69) is 30.0 Å². The molecule has 0 aromatic rings. The number of terminal acetylenes is 1. The minimum Gasteiger partial charge on any atom is -0.314 e. The van der Waals surface area contributed by atoms with E-state index in [0.717, 1.165) is 32.1 Å². The largest absolute Gasteiger partial charge is 0.314 e. The van der Waals surface area contributed by atoms with Gasteiger partial charge in [-0.15, -0.1) is 6.42 Å². The molecule has 1 atom stereocenters. The Kier molecular flexibility index (Phi) is 6.52. The second kappa shape index (κ2) is 7.70. The average molecular weight is 222 g/mol. The lowest BCUT2D eigenvalue weighted by Gasteiger charge is -2.35. The van der Waals surface area contributed by atoms with Gasteiger partial charge in [0.05, 0.1) is 6.04 Å². The Balaban J connectivity index is 2.28. The van der Waals surface area contributed by atoms with Gasteiger partial charge in [0.1, 0.15) is 0 Å². The van der Waals surface area contributed by atoms with Crippen LogP contribution in [-0.2, 0) is 0 Å². The third kappa shape index (κ3) is 4.15. The van der Waals surface area contributed by atoms with Gasteiger partial charge in [-0.25, -0.2) is 0 Å². The van der Waals surface area contributed by atoms with Crippen LogP contribution in [-0.4, -0.2) is 36.6 Å². The Hall–Kier alpha value is -0.520. The highest BCUT2D eigenvalue weighted by molar-refractivity contribution is 5.00. The number of hydrogen-bond acceptors (Lipinski definition) is 2. The van der Waals surface area contributed by atoms with Crippen LogP contribution < -0.4 is 5.32 Å². The van der Waals surface area contributed by atoms with Crippen molar-refractivity contribution in [2.45, 2.75) is 58.0 Å². The van der Waals surface area contributed by atoms with E-state index < -0.39 is 0 Å². The van der Waals surface area contributed by atoms with Gasteiger partial charge in [0.25, 0.3) is 0 Å². The maximum atomic E-state index is 5.60. The molecule has 0 aromatic heterocycles. The predicted octanol–water partition coefficient (Wildman–Crippen LogP) is 2.25. The quantitative estimate of drug-likeness (QED) is 0.694. The molecule has 0 aliphatic carbocycles. The first-order valence-electron chi connectivity index (χ1n) is 6.75. The van der Waals surface area contributed by atoms with E-state index in [1.165, 1.54) is 25.7 Å². The second-order valence-electron chi connectivity index (χ2n) is 4.74. The van der Waals surface area contributed by atoms with Crippen molar-refractivity contribution in [3.63, 3.8) is 0 Å². The van der Waals surface area contributed by atoms with Gasteiger partial charge in [0, 0.05) is 19.1 Å². The predicted molar refractivity (Wildman–Crippen MR) is 70.4 cm³/mol. The van der Waals surface area contributed by atoms with Crippen molar-refractivity contribution < 1.29 is 0 Å². The normalized spacial score (nSPS) is 20.6. The highest BCUT2D eigenvalue weighted by Crippen LogP contribution is 2.15. The molecule has 0 saturated carbocycles. The van der Waals surface area contributed by atoms with Gasteiger partial charge in [-0.2, -0.15) is 0 Å². The van der Waals surface area contributed by atoms with Gasteiger partial charge in [0.2, 0.25) is 0 Å². The van der Waals surface area contributed by atoms with Crippen LogP contribution in [0.15, 0.2) is 0 Å². The molecule has 1 rings (SSSR count). The lowest BCUT2D eigenvalue weighted by atomic mass is 10.0. The van der Waals surface area contributed by atoms with E-state index in [-0.39, 0.29) is 0 Å². The van der Waals surface area contributed by atoms with Gasteiger partial charge < -0.3 is 5.32 Å². The van der Waals surface area contributed by atoms with Crippen LogP contribution in [0, 0.1) is 12.3 Å². The topological polar surface area (TPSA) is 15.3 Å². The molecule has 1 unspecified atom stereocenters. The molecule has 0 bridgehead atoms. The summed E-state index contributed by atoms with van der Waals surface area (Å²) in [7, 11) is 0. The van der Waals surface area contributed by atoms with E-state index >= 15 is 0 Å². The van der Waals surface area contributed by atoms with Crippen LogP contribution in [0.25, 0.3) is 0 Å². The summed E-state index contributed by atoms with van der Waals surface area (Å²) in [5, 5.41) is 3.60. The van der Waals surface area contributed by atoms with Gasteiger partial charge in [-0.1, -0.05) is 26.2 Å². The summed E-state index contributed by atoms with van der Waals surface area (Å²) in [6, 6.07) is 1.09. The summed E-state index contributed by atoms with van der Waals surface area (Å²) in [4.78, 5) is 2.48. The first kappa shape index (κ1) is 13.5. The molecule has 16 heavy (non-hydrogen) atoms. The molecule has 0 radical (unpaired) electrons. The zero-order valence-electron chi connectivity index (χ0n) is 10.8. The van der Waals surface area contributed by atoms with Gasteiger partial charge in [-0.3, -0.25) is 4.90 Å². The summed E-state index contributed by atoms with van der Waals surface area (Å²) >= 11 is 0. The van der Waals surface area contributed by atoms with E-state index in [1.54, 1.807) is 0 Å². The number of piperidine rings is 1. The molecular formula is C14H26N2. The number of nitrogens with zero attached hydrogens (tertiary/aromatic N) is 1. The lowest BCUT2D eigenvalue weighted by molar-refractivity contribution is 0.165. The van der Waals surface area contributed by atoms with Crippen LogP contribution >= 0.6 is 0 Å². The molecule has 0 aromatic carbocycles. The number of nitrogens with one attached hydrogen (secondary N) is 1. The Morgan fingerprint density at radius 2 is 2.00 bits per heavy atom. The average Bonchev–Trinajstić information content (AvgIpc) is 2.34. The first-order chi connectivity index (χ1) is 7.81. The van der Waals surface area contributed by atoms with Crippen molar-refractivity contribution in [2.75, 3.05) is 19.6 Å². The third-order valence-corrected chi connectivity index (χ3v) is 3.41.